The quantitative estimate of drug-likeness (QED) is 0.885. The van der Waals surface area contributed by atoms with Crippen molar-refractivity contribution < 1.29 is 8.42 Å². The van der Waals surface area contributed by atoms with Crippen molar-refractivity contribution in [1.82, 2.24) is 13.9 Å². The van der Waals surface area contributed by atoms with E-state index in [9.17, 15) is 8.42 Å². The largest absolute Gasteiger partial charge is 0.298 e. The third kappa shape index (κ3) is 4.79. The zero-order valence-electron chi connectivity index (χ0n) is 14.5. The number of hydrogen-bond acceptors (Lipinski definition) is 3. The van der Waals surface area contributed by atoms with Crippen molar-refractivity contribution in [3.63, 3.8) is 0 Å². The van der Waals surface area contributed by atoms with Gasteiger partial charge in [0.2, 0.25) is 0 Å². The lowest BCUT2D eigenvalue weighted by atomic mass is 10.0. The second-order valence-electron chi connectivity index (χ2n) is 7.29. The fourth-order valence-electron chi connectivity index (χ4n) is 3.79. The van der Waals surface area contributed by atoms with Crippen LogP contribution in [0.2, 0.25) is 0 Å². The summed E-state index contributed by atoms with van der Waals surface area (Å²) in [7, 11) is -3.36. The van der Waals surface area contributed by atoms with Crippen LogP contribution in [0.1, 0.15) is 38.2 Å². The third-order valence-electron chi connectivity index (χ3n) is 5.03. The highest BCUT2D eigenvalue weighted by atomic mass is 32.2. The number of benzene rings is 1. The molecule has 2 fully saturated rings. The Hall–Kier alpha value is -0.950. The Kier molecular flexibility index (Phi) is 5.92. The summed E-state index contributed by atoms with van der Waals surface area (Å²) in [5, 5.41) is 0. The maximum atomic E-state index is 12.7. The van der Waals surface area contributed by atoms with Crippen LogP contribution in [0.3, 0.4) is 0 Å². The van der Waals surface area contributed by atoms with Crippen LogP contribution in [0, 0.1) is 5.92 Å². The monoisotopic (exact) mass is 351 g/mol. The minimum atomic E-state index is -3.36. The van der Waals surface area contributed by atoms with Gasteiger partial charge in [-0.2, -0.15) is 17.4 Å². The molecule has 0 spiro atoms. The summed E-state index contributed by atoms with van der Waals surface area (Å²) in [6.45, 7) is 6.14. The van der Waals surface area contributed by atoms with Crippen LogP contribution in [0.4, 0.5) is 0 Å². The van der Waals surface area contributed by atoms with Gasteiger partial charge >= 0.3 is 0 Å². The summed E-state index contributed by atoms with van der Waals surface area (Å²) < 4.78 is 29.9. The van der Waals surface area contributed by atoms with Gasteiger partial charge in [0.05, 0.1) is 0 Å². The summed E-state index contributed by atoms with van der Waals surface area (Å²) >= 11 is 0. The summed E-state index contributed by atoms with van der Waals surface area (Å²) in [6, 6.07) is 10.4. The molecular formula is C18H29N3O2S. The standard InChI is InChI=1S/C18H29N3O2S/c1-16-7-5-12-21(13-16)24(22,23)19-18-10-6-11-20(15-18)14-17-8-3-2-4-9-17/h2-4,8-9,16,18-19H,5-7,10-15H2,1H3/t16-,18+/m1/s1. The minimum Gasteiger partial charge on any atom is -0.298 e. The topological polar surface area (TPSA) is 52.7 Å². The van der Waals surface area contributed by atoms with Crippen molar-refractivity contribution in [2.75, 3.05) is 26.2 Å². The van der Waals surface area contributed by atoms with Crippen LogP contribution >= 0.6 is 0 Å². The predicted molar refractivity (Wildman–Crippen MR) is 96.8 cm³/mol. The number of nitrogens with one attached hydrogen (secondary N) is 1. The van der Waals surface area contributed by atoms with Gasteiger partial charge in [0.1, 0.15) is 0 Å². The maximum absolute atomic E-state index is 12.7. The molecular weight excluding hydrogens is 322 g/mol. The summed E-state index contributed by atoms with van der Waals surface area (Å²) in [4.78, 5) is 2.35. The number of nitrogens with zero attached hydrogens (tertiary/aromatic N) is 2. The molecule has 134 valence electrons. The number of hydrogen-bond donors (Lipinski definition) is 1. The Labute approximate surface area is 146 Å². The Bertz CT molecular complexity index is 620. The van der Waals surface area contributed by atoms with E-state index in [2.05, 4.69) is 40.8 Å². The molecule has 0 radical (unpaired) electrons. The first-order chi connectivity index (χ1) is 11.5. The fraction of sp³-hybridized carbons (Fsp3) is 0.667. The van der Waals surface area contributed by atoms with E-state index in [1.807, 2.05) is 6.07 Å². The fourth-order valence-corrected chi connectivity index (χ4v) is 5.37. The van der Waals surface area contributed by atoms with Crippen LogP contribution < -0.4 is 4.72 Å². The lowest BCUT2D eigenvalue weighted by Gasteiger charge is -2.36. The first-order valence-corrected chi connectivity index (χ1v) is 10.5. The molecule has 2 aliphatic rings. The van der Waals surface area contributed by atoms with Crippen molar-refractivity contribution in [3.8, 4) is 0 Å². The van der Waals surface area contributed by atoms with Crippen molar-refractivity contribution >= 4 is 10.2 Å². The maximum Gasteiger partial charge on any atom is 0.279 e. The zero-order chi connectivity index (χ0) is 17.0. The molecule has 1 N–H and O–H groups in total. The van der Waals surface area contributed by atoms with Gasteiger partial charge in [0, 0.05) is 32.2 Å². The van der Waals surface area contributed by atoms with Gasteiger partial charge in [-0.15, -0.1) is 0 Å². The Morgan fingerprint density at radius 2 is 1.83 bits per heavy atom. The normalized spacial score (nSPS) is 27.2. The second kappa shape index (κ2) is 7.95. The summed E-state index contributed by atoms with van der Waals surface area (Å²) in [5.41, 5.74) is 1.28. The first kappa shape index (κ1) is 17.9. The molecule has 2 heterocycles. The number of rotatable bonds is 5. The van der Waals surface area contributed by atoms with Gasteiger partial charge in [-0.1, -0.05) is 37.3 Å². The highest BCUT2D eigenvalue weighted by molar-refractivity contribution is 7.87. The van der Waals surface area contributed by atoms with Gasteiger partial charge in [0.25, 0.3) is 10.2 Å². The average molecular weight is 352 g/mol. The van der Waals surface area contributed by atoms with Crippen molar-refractivity contribution in [3.05, 3.63) is 35.9 Å². The molecule has 24 heavy (non-hydrogen) atoms. The molecule has 6 heteroatoms. The molecule has 2 aliphatic heterocycles. The van der Waals surface area contributed by atoms with Crippen molar-refractivity contribution in [2.45, 2.75) is 45.2 Å². The highest BCUT2D eigenvalue weighted by Crippen LogP contribution is 2.19. The first-order valence-electron chi connectivity index (χ1n) is 9.06. The second-order valence-corrected chi connectivity index (χ2v) is 8.99. The van der Waals surface area contributed by atoms with Crippen molar-refractivity contribution in [1.29, 1.82) is 0 Å². The van der Waals surface area contributed by atoms with Crippen LogP contribution in [-0.4, -0.2) is 49.8 Å². The Balaban J connectivity index is 1.56. The van der Waals surface area contributed by atoms with E-state index in [4.69, 9.17) is 0 Å². The molecule has 5 nitrogen and oxygen atoms in total. The zero-order valence-corrected chi connectivity index (χ0v) is 15.3. The van der Waals surface area contributed by atoms with Crippen LogP contribution in [0.15, 0.2) is 30.3 Å². The molecule has 1 aromatic rings. The van der Waals surface area contributed by atoms with E-state index in [1.165, 1.54) is 5.56 Å². The molecule has 2 atom stereocenters. The van der Waals surface area contributed by atoms with Gasteiger partial charge < -0.3 is 0 Å². The number of piperidine rings is 2. The van der Waals surface area contributed by atoms with E-state index in [0.717, 1.165) is 45.3 Å². The molecule has 3 rings (SSSR count). The van der Waals surface area contributed by atoms with Gasteiger partial charge in [-0.05, 0) is 43.7 Å². The SMILES string of the molecule is C[C@@H]1CCCN(S(=O)(=O)N[C@H]2CCCN(Cc3ccccc3)C2)C1. The number of likely N-dealkylation sites (tertiary alicyclic amines) is 1. The van der Waals surface area contributed by atoms with Crippen LogP contribution in [-0.2, 0) is 16.8 Å². The lowest BCUT2D eigenvalue weighted by Crippen LogP contribution is -2.53. The Morgan fingerprint density at radius 1 is 1.08 bits per heavy atom. The molecule has 0 saturated carbocycles. The van der Waals surface area contributed by atoms with Crippen LogP contribution in [0.5, 0.6) is 0 Å². The minimum absolute atomic E-state index is 0.0182. The van der Waals surface area contributed by atoms with Crippen molar-refractivity contribution in [2.24, 2.45) is 5.92 Å². The van der Waals surface area contributed by atoms with E-state index in [-0.39, 0.29) is 6.04 Å². The molecule has 0 aliphatic carbocycles. The summed E-state index contributed by atoms with van der Waals surface area (Å²) in [5.74, 6) is 0.455. The van der Waals surface area contributed by atoms with Gasteiger partial charge in [0.15, 0.2) is 0 Å². The van der Waals surface area contributed by atoms with E-state index >= 15 is 0 Å². The molecule has 0 amide bonds. The third-order valence-corrected chi connectivity index (χ3v) is 6.67. The van der Waals surface area contributed by atoms with E-state index in [0.29, 0.717) is 19.0 Å². The average Bonchev–Trinajstić information content (AvgIpc) is 2.56. The highest BCUT2D eigenvalue weighted by Gasteiger charge is 2.30. The molecule has 0 bridgehead atoms. The molecule has 1 aromatic carbocycles. The molecule has 2 saturated heterocycles. The van der Waals surface area contributed by atoms with Crippen LogP contribution in [0.25, 0.3) is 0 Å². The van der Waals surface area contributed by atoms with Gasteiger partial charge in [-0.25, -0.2) is 0 Å². The molecule has 0 unspecified atom stereocenters. The predicted octanol–water partition coefficient (Wildman–Crippen LogP) is 2.22. The van der Waals surface area contributed by atoms with Gasteiger partial charge in [-0.3, -0.25) is 4.90 Å². The van der Waals surface area contributed by atoms with E-state index in [1.54, 1.807) is 4.31 Å². The lowest BCUT2D eigenvalue weighted by molar-refractivity contribution is 0.191. The summed E-state index contributed by atoms with van der Waals surface area (Å²) in [6.07, 6.45) is 4.05. The Morgan fingerprint density at radius 3 is 2.58 bits per heavy atom. The smallest absolute Gasteiger partial charge is 0.279 e. The molecule has 0 aromatic heterocycles. The van der Waals surface area contributed by atoms with E-state index < -0.39 is 10.2 Å².